The van der Waals surface area contributed by atoms with Crippen molar-refractivity contribution in [3.8, 4) is 0 Å². The second kappa shape index (κ2) is 6.99. The van der Waals surface area contributed by atoms with Gasteiger partial charge in [-0.15, -0.1) is 0 Å². The average molecular weight is 296 g/mol. The summed E-state index contributed by atoms with van der Waals surface area (Å²) in [6.07, 6.45) is 7.13. The number of ether oxygens (including phenoxy) is 1. The third-order valence-electron chi connectivity index (χ3n) is 4.75. The molecule has 4 heteroatoms. The second-order valence-electron chi connectivity index (χ2n) is 7.73. The number of hydrogen-bond acceptors (Lipinski definition) is 3. The second-order valence-corrected chi connectivity index (χ2v) is 7.73. The molecular weight excluding hydrogens is 264 g/mol. The Morgan fingerprint density at radius 3 is 2.62 bits per heavy atom. The smallest absolute Gasteiger partial charge is 0.410 e. The van der Waals surface area contributed by atoms with Crippen molar-refractivity contribution in [1.29, 1.82) is 0 Å². The van der Waals surface area contributed by atoms with Crippen LogP contribution in [0, 0.1) is 5.92 Å². The van der Waals surface area contributed by atoms with Gasteiger partial charge in [0.25, 0.3) is 0 Å². The Kier molecular flexibility index (Phi) is 5.53. The van der Waals surface area contributed by atoms with Gasteiger partial charge in [0.2, 0.25) is 0 Å². The van der Waals surface area contributed by atoms with Crippen molar-refractivity contribution in [2.45, 2.75) is 83.9 Å². The van der Waals surface area contributed by atoms with Crippen LogP contribution < -0.4 is 5.32 Å². The Labute approximate surface area is 129 Å². The van der Waals surface area contributed by atoms with E-state index in [0.29, 0.717) is 12.1 Å². The molecule has 1 aliphatic heterocycles. The predicted molar refractivity (Wildman–Crippen MR) is 85.4 cm³/mol. The summed E-state index contributed by atoms with van der Waals surface area (Å²) in [6, 6.07) is 1.03. The standard InChI is InChI=1S/C17H32N2O2/c1-13-7-5-9-15(13)18-11-10-14-8-6-12-19(14)16(20)21-17(2,3)4/h13-15,18H,5-12H2,1-4H3. The molecule has 1 saturated carbocycles. The maximum atomic E-state index is 12.2. The molecule has 1 N–H and O–H groups in total. The van der Waals surface area contributed by atoms with Crippen LogP contribution in [0.2, 0.25) is 0 Å². The van der Waals surface area contributed by atoms with Crippen LogP contribution in [0.5, 0.6) is 0 Å². The third-order valence-corrected chi connectivity index (χ3v) is 4.75. The van der Waals surface area contributed by atoms with Gasteiger partial charge in [0.15, 0.2) is 0 Å². The molecule has 0 radical (unpaired) electrons. The van der Waals surface area contributed by atoms with Gasteiger partial charge in [-0.1, -0.05) is 13.3 Å². The number of rotatable bonds is 4. The molecule has 3 unspecified atom stereocenters. The van der Waals surface area contributed by atoms with Crippen molar-refractivity contribution in [3.63, 3.8) is 0 Å². The molecule has 0 aromatic carbocycles. The molecule has 1 aliphatic carbocycles. The summed E-state index contributed by atoms with van der Waals surface area (Å²) < 4.78 is 5.52. The van der Waals surface area contributed by atoms with Crippen LogP contribution in [-0.4, -0.2) is 41.8 Å². The molecule has 1 saturated heterocycles. The first-order valence-corrected chi connectivity index (χ1v) is 8.60. The van der Waals surface area contributed by atoms with Crippen LogP contribution >= 0.6 is 0 Å². The Morgan fingerprint density at radius 2 is 2.00 bits per heavy atom. The highest BCUT2D eigenvalue weighted by Crippen LogP contribution is 2.26. The maximum Gasteiger partial charge on any atom is 0.410 e. The van der Waals surface area contributed by atoms with Crippen molar-refractivity contribution in [1.82, 2.24) is 10.2 Å². The molecule has 2 aliphatic rings. The molecule has 0 spiro atoms. The molecule has 0 aromatic heterocycles. The van der Waals surface area contributed by atoms with Crippen molar-refractivity contribution in [3.05, 3.63) is 0 Å². The minimum absolute atomic E-state index is 0.140. The van der Waals surface area contributed by atoms with Crippen LogP contribution in [0.1, 0.15) is 66.2 Å². The van der Waals surface area contributed by atoms with E-state index in [1.165, 1.54) is 19.3 Å². The van der Waals surface area contributed by atoms with E-state index < -0.39 is 5.60 Å². The fraction of sp³-hybridized carbons (Fsp3) is 0.941. The lowest BCUT2D eigenvalue weighted by Gasteiger charge is -2.29. The number of carbonyl (C=O) groups is 1. The molecule has 122 valence electrons. The number of carbonyl (C=O) groups excluding carboxylic acids is 1. The van der Waals surface area contributed by atoms with Crippen LogP contribution in [0.4, 0.5) is 4.79 Å². The lowest BCUT2D eigenvalue weighted by atomic mass is 10.1. The van der Waals surface area contributed by atoms with E-state index in [-0.39, 0.29) is 6.09 Å². The number of likely N-dealkylation sites (tertiary alicyclic amines) is 1. The van der Waals surface area contributed by atoms with Crippen molar-refractivity contribution >= 4 is 6.09 Å². The van der Waals surface area contributed by atoms with E-state index in [9.17, 15) is 4.79 Å². The van der Waals surface area contributed by atoms with Gasteiger partial charge in [0.05, 0.1) is 0 Å². The Bertz CT molecular complexity index is 351. The van der Waals surface area contributed by atoms with Crippen molar-refractivity contribution in [2.75, 3.05) is 13.1 Å². The van der Waals surface area contributed by atoms with E-state index in [2.05, 4.69) is 12.2 Å². The zero-order valence-electron chi connectivity index (χ0n) is 14.2. The highest BCUT2D eigenvalue weighted by Gasteiger charge is 2.32. The number of amides is 1. The highest BCUT2D eigenvalue weighted by molar-refractivity contribution is 5.68. The van der Waals surface area contributed by atoms with Gasteiger partial charge in [0, 0.05) is 18.6 Å². The van der Waals surface area contributed by atoms with Crippen molar-refractivity contribution < 1.29 is 9.53 Å². The maximum absolute atomic E-state index is 12.2. The van der Waals surface area contributed by atoms with Gasteiger partial charge < -0.3 is 15.0 Å². The molecule has 1 amide bonds. The number of hydrogen-bond donors (Lipinski definition) is 1. The summed E-state index contributed by atoms with van der Waals surface area (Å²) >= 11 is 0. The van der Waals surface area contributed by atoms with Crippen LogP contribution in [0.3, 0.4) is 0 Å². The monoisotopic (exact) mass is 296 g/mol. The summed E-state index contributed by atoms with van der Waals surface area (Å²) in [5.74, 6) is 0.801. The average Bonchev–Trinajstić information content (AvgIpc) is 2.97. The number of nitrogens with one attached hydrogen (secondary N) is 1. The van der Waals surface area contributed by atoms with Crippen LogP contribution in [0.25, 0.3) is 0 Å². The molecule has 2 fully saturated rings. The molecule has 0 aromatic rings. The topological polar surface area (TPSA) is 41.6 Å². The molecular formula is C17H32N2O2. The fourth-order valence-corrected chi connectivity index (χ4v) is 3.58. The van der Waals surface area contributed by atoms with Gasteiger partial charge in [-0.2, -0.15) is 0 Å². The molecule has 3 atom stereocenters. The van der Waals surface area contributed by atoms with E-state index in [1.807, 2.05) is 25.7 Å². The first kappa shape index (κ1) is 16.6. The molecule has 0 bridgehead atoms. The summed E-state index contributed by atoms with van der Waals surface area (Å²) in [5, 5.41) is 3.69. The lowest BCUT2D eigenvalue weighted by Crippen LogP contribution is -2.41. The van der Waals surface area contributed by atoms with Crippen LogP contribution in [-0.2, 0) is 4.74 Å². The fourth-order valence-electron chi connectivity index (χ4n) is 3.58. The highest BCUT2D eigenvalue weighted by atomic mass is 16.6. The zero-order chi connectivity index (χ0) is 15.5. The molecule has 2 rings (SSSR count). The Morgan fingerprint density at radius 1 is 1.24 bits per heavy atom. The lowest BCUT2D eigenvalue weighted by molar-refractivity contribution is 0.0220. The SMILES string of the molecule is CC1CCCC1NCCC1CCCN1C(=O)OC(C)(C)C. The van der Waals surface area contributed by atoms with Gasteiger partial charge in [-0.3, -0.25) is 0 Å². The Balaban J connectivity index is 1.75. The van der Waals surface area contributed by atoms with E-state index in [1.54, 1.807) is 0 Å². The third kappa shape index (κ3) is 4.87. The first-order chi connectivity index (χ1) is 9.87. The molecule has 21 heavy (non-hydrogen) atoms. The van der Waals surface area contributed by atoms with Crippen molar-refractivity contribution in [2.24, 2.45) is 5.92 Å². The van der Waals surface area contributed by atoms with Crippen LogP contribution in [0.15, 0.2) is 0 Å². The van der Waals surface area contributed by atoms with Gasteiger partial charge in [0.1, 0.15) is 5.60 Å². The predicted octanol–water partition coefficient (Wildman–Crippen LogP) is 3.55. The normalized spacial score (nSPS) is 29.9. The minimum atomic E-state index is -0.401. The summed E-state index contributed by atoms with van der Waals surface area (Å²) in [5.41, 5.74) is -0.401. The minimum Gasteiger partial charge on any atom is -0.444 e. The van der Waals surface area contributed by atoms with Gasteiger partial charge in [-0.25, -0.2) is 4.79 Å². The Hall–Kier alpha value is -0.770. The molecule has 4 nitrogen and oxygen atoms in total. The summed E-state index contributed by atoms with van der Waals surface area (Å²) in [4.78, 5) is 14.2. The largest absolute Gasteiger partial charge is 0.444 e. The first-order valence-electron chi connectivity index (χ1n) is 8.60. The van der Waals surface area contributed by atoms with Gasteiger partial charge in [-0.05, 0) is 65.3 Å². The van der Waals surface area contributed by atoms with E-state index in [0.717, 1.165) is 38.3 Å². The van der Waals surface area contributed by atoms with E-state index >= 15 is 0 Å². The zero-order valence-corrected chi connectivity index (χ0v) is 14.2. The summed E-state index contributed by atoms with van der Waals surface area (Å²) in [6.45, 7) is 9.99. The quantitative estimate of drug-likeness (QED) is 0.862. The van der Waals surface area contributed by atoms with Gasteiger partial charge >= 0.3 is 6.09 Å². The number of nitrogens with zero attached hydrogens (tertiary/aromatic N) is 1. The van der Waals surface area contributed by atoms with E-state index in [4.69, 9.17) is 4.74 Å². The molecule has 1 heterocycles. The summed E-state index contributed by atoms with van der Waals surface area (Å²) in [7, 11) is 0.